The molecule has 39 heavy (non-hydrogen) atoms. The normalized spacial score (nSPS) is 15.0. The van der Waals surface area contributed by atoms with Gasteiger partial charge in [-0.3, -0.25) is 9.59 Å². The van der Waals surface area contributed by atoms with Crippen molar-refractivity contribution >= 4 is 40.4 Å². The van der Waals surface area contributed by atoms with Gasteiger partial charge in [0.05, 0.1) is 30.9 Å². The van der Waals surface area contributed by atoms with Crippen molar-refractivity contribution in [3.63, 3.8) is 0 Å². The number of carbonyl (C=O) groups excluding carboxylic acids is 2. The van der Waals surface area contributed by atoms with E-state index in [4.69, 9.17) is 4.74 Å². The monoisotopic (exact) mass is 629 g/mol. The van der Waals surface area contributed by atoms with Crippen LogP contribution in [0, 0.1) is 10.5 Å². The molecule has 0 aliphatic carbocycles. The Labute approximate surface area is 241 Å². The minimum Gasteiger partial charge on any atom is -0.495 e. The average Bonchev–Trinajstić information content (AvgIpc) is 3.39. The summed E-state index contributed by atoms with van der Waals surface area (Å²) in [5.41, 5.74) is 5.62. The molecule has 0 bridgehead atoms. The van der Waals surface area contributed by atoms with Gasteiger partial charge in [0.1, 0.15) is 5.75 Å². The molecule has 0 saturated heterocycles. The quantitative estimate of drug-likeness (QED) is 0.127. The van der Waals surface area contributed by atoms with Crippen LogP contribution in [0.4, 0.5) is 0 Å². The molecule has 7 heteroatoms. The zero-order chi connectivity index (χ0) is 27.5. The highest BCUT2D eigenvalue weighted by molar-refractivity contribution is 14.1. The van der Waals surface area contributed by atoms with E-state index < -0.39 is 0 Å². The van der Waals surface area contributed by atoms with E-state index in [2.05, 4.69) is 27.6 Å². The molecule has 0 saturated carbocycles. The Morgan fingerprint density at radius 2 is 1.74 bits per heavy atom. The number of imidazole rings is 1. The number of hydrogen-bond donors (Lipinski definition) is 0. The van der Waals surface area contributed by atoms with Crippen LogP contribution in [0.25, 0.3) is 11.8 Å². The smallest absolute Gasteiger partial charge is 0.254 e. The van der Waals surface area contributed by atoms with Gasteiger partial charge in [0.2, 0.25) is 0 Å². The number of amides is 1. The van der Waals surface area contributed by atoms with Crippen LogP contribution in [-0.2, 0) is 4.79 Å². The molecule has 0 unspecified atom stereocenters. The third kappa shape index (κ3) is 5.73. The van der Waals surface area contributed by atoms with Crippen LogP contribution >= 0.6 is 22.6 Å². The summed E-state index contributed by atoms with van der Waals surface area (Å²) in [4.78, 5) is 32.4. The Morgan fingerprint density at radius 1 is 1.05 bits per heavy atom. The highest BCUT2D eigenvalue weighted by Gasteiger charge is 2.25. The van der Waals surface area contributed by atoms with Crippen LogP contribution in [0.5, 0.6) is 5.75 Å². The number of allylic oxidation sites excluding steroid dienone is 1. The molecule has 196 valence electrons. The first-order valence-electron chi connectivity index (χ1n) is 12.6. The molecule has 1 aromatic heterocycles. The molecule has 5 rings (SSSR count). The largest absolute Gasteiger partial charge is 0.495 e. The van der Waals surface area contributed by atoms with Crippen molar-refractivity contribution in [1.29, 1.82) is 0 Å². The number of nitrogens with zero attached hydrogens (tertiary/aromatic N) is 3. The summed E-state index contributed by atoms with van der Waals surface area (Å²) in [6.07, 6.45) is 10.0. The lowest BCUT2D eigenvalue weighted by molar-refractivity contribution is -0.126. The molecule has 6 nitrogen and oxygen atoms in total. The Balaban J connectivity index is 1.34. The fourth-order valence-corrected chi connectivity index (χ4v) is 4.99. The molecule has 1 amide bonds. The highest BCUT2D eigenvalue weighted by Crippen LogP contribution is 2.30. The third-order valence-corrected chi connectivity index (χ3v) is 7.55. The molecular formula is C32H28IN3O3. The molecule has 2 heterocycles. The molecule has 4 aromatic rings. The molecule has 3 aromatic carbocycles. The van der Waals surface area contributed by atoms with Crippen molar-refractivity contribution in [2.45, 2.75) is 26.3 Å². The second kappa shape index (κ2) is 11.4. The summed E-state index contributed by atoms with van der Waals surface area (Å²) in [7, 11) is 1.64. The number of aryl methyl sites for hydroxylation is 1. The summed E-state index contributed by atoms with van der Waals surface area (Å²) < 4.78 is 8.64. The number of rotatable bonds is 7. The van der Waals surface area contributed by atoms with Gasteiger partial charge < -0.3 is 14.2 Å². The van der Waals surface area contributed by atoms with Gasteiger partial charge >= 0.3 is 0 Å². The van der Waals surface area contributed by atoms with Crippen molar-refractivity contribution in [2.24, 2.45) is 0 Å². The van der Waals surface area contributed by atoms with E-state index in [9.17, 15) is 9.59 Å². The van der Waals surface area contributed by atoms with Crippen LogP contribution in [0.1, 0.15) is 52.1 Å². The summed E-state index contributed by atoms with van der Waals surface area (Å²) >= 11 is 2.22. The third-order valence-electron chi connectivity index (χ3n) is 6.83. The predicted molar refractivity (Wildman–Crippen MR) is 161 cm³/mol. The Hall–Kier alpha value is -3.98. The van der Waals surface area contributed by atoms with Crippen LogP contribution in [0.15, 0.2) is 97.1 Å². The lowest BCUT2D eigenvalue weighted by Crippen LogP contribution is -2.32. The van der Waals surface area contributed by atoms with E-state index in [1.54, 1.807) is 18.3 Å². The maximum absolute atomic E-state index is 13.5. The second-order valence-electron chi connectivity index (χ2n) is 9.46. The van der Waals surface area contributed by atoms with Crippen LogP contribution < -0.4 is 4.74 Å². The average molecular weight is 629 g/mol. The van der Waals surface area contributed by atoms with Gasteiger partial charge in [0.25, 0.3) is 5.91 Å². The topological polar surface area (TPSA) is 64.4 Å². The summed E-state index contributed by atoms with van der Waals surface area (Å²) in [5.74, 6) is 0.636. The SMILES string of the molecule is COc1cc(/C=C2\CC=CN([C@H](C)c3ccc(C(=O)c4ccc(I)cc4)cc3)C2=O)ccc1-n1cnc(C)c1. The van der Waals surface area contributed by atoms with Gasteiger partial charge in [0, 0.05) is 32.7 Å². The van der Waals surface area contributed by atoms with Crippen LogP contribution in [0.2, 0.25) is 0 Å². The van der Waals surface area contributed by atoms with Gasteiger partial charge in [-0.2, -0.15) is 0 Å². The molecule has 0 spiro atoms. The number of ketones is 1. The number of benzene rings is 3. The minimum atomic E-state index is -0.193. The number of methoxy groups -OCH3 is 1. The van der Waals surface area contributed by atoms with Crippen LogP contribution in [-0.4, -0.2) is 33.3 Å². The fourth-order valence-electron chi connectivity index (χ4n) is 4.63. The van der Waals surface area contributed by atoms with E-state index in [-0.39, 0.29) is 17.7 Å². The van der Waals surface area contributed by atoms with Gasteiger partial charge in [-0.15, -0.1) is 0 Å². The summed E-state index contributed by atoms with van der Waals surface area (Å²) in [6.45, 7) is 3.93. The molecule has 1 atom stereocenters. The zero-order valence-electron chi connectivity index (χ0n) is 22.0. The van der Waals surface area contributed by atoms with Crippen LogP contribution in [0.3, 0.4) is 0 Å². The van der Waals surface area contributed by atoms with Gasteiger partial charge in [-0.25, -0.2) is 4.98 Å². The fraction of sp³-hybridized carbons (Fsp3) is 0.156. The minimum absolute atomic E-state index is 0.0191. The maximum Gasteiger partial charge on any atom is 0.254 e. The standard InChI is InChI=1S/C32H28IN3O3/c1-21-19-35(20-34-21)29-15-6-23(18-30(29)39-3)17-27-5-4-16-36(32(27)38)22(2)24-7-9-25(10-8-24)31(37)26-11-13-28(33)14-12-26/h4,6-20,22H,5H2,1-3H3/b27-17+/t22-/m1/s1. The highest BCUT2D eigenvalue weighted by atomic mass is 127. The van der Waals surface area contributed by atoms with Crippen molar-refractivity contribution in [3.05, 3.63) is 129 Å². The first-order chi connectivity index (χ1) is 18.8. The summed E-state index contributed by atoms with van der Waals surface area (Å²) in [5, 5.41) is 0. The van der Waals surface area contributed by atoms with Gasteiger partial charge in [-0.1, -0.05) is 36.4 Å². The van der Waals surface area contributed by atoms with Crippen molar-refractivity contribution in [2.75, 3.05) is 7.11 Å². The van der Waals surface area contributed by atoms with E-state index in [1.807, 2.05) is 110 Å². The number of aromatic nitrogens is 2. The lowest BCUT2D eigenvalue weighted by atomic mass is 9.98. The molecule has 0 radical (unpaired) electrons. The molecular weight excluding hydrogens is 601 g/mol. The molecule has 0 fully saturated rings. The first kappa shape index (κ1) is 26.6. The Bertz CT molecular complexity index is 1580. The van der Waals surface area contributed by atoms with E-state index >= 15 is 0 Å². The van der Waals surface area contributed by atoms with Gasteiger partial charge in [0.15, 0.2) is 5.78 Å². The molecule has 1 aliphatic heterocycles. The maximum atomic E-state index is 13.5. The second-order valence-corrected chi connectivity index (χ2v) is 10.7. The number of ether oxygens (including phenoxy) is 1. The number of carbonyl (C=O) groups is 2. The Morgan fingerprint density at radius 3 is 2.38 bits per heavy atom. The van der Waals surface area contributed by atoms with E-state index in [1.165, 1.54) is 0 Å². The van der Waals surface area contributed by atoms with E-state index in [0.29, 0.717) is 28.9 Å². The molecule has 0 N–H and O–H groups in total. The predicted octanol–water partition coefficient (Wildman–Crippen LogP) is 6.92. The van der Waals surface area contributed by atoms with E-state index in [0.717, 1.165) is 26.1 Å². The Kier molecular flexibility index (Phi) is 7.79. The van der Waals surface area contributed by atoms with Gasteiger partial charge in [-0.05, 0) is 96.5 Å². The number of halogens is 1. The number of hydrogen-bond acceptors (Lipinski definition) is 4. The summed E-state index contributed by atoms with van der Waals surface area (Å²) in [6, 6.07) is 20.7. The van der Waals surface area contributed by atoms with Crippen molar-refractivity contribution in [1.82, 2.24) is 14.5 Å². The molecule has 1 aliphatic rings. The van der Waals surface area contributed by atoms with Crippen molar-refractivity contribution in [3.8, 4) is 11.4 Å². The zero-order valence-corrected chi connectivity index (χ0v) is 24.1. The lowest BCUT2D eigenvalue weighted by Gasteiger charge is -2.30. The van der Waals surface area contributed by atoms with Crippen molar-refractivity contribution < 1.29 is 14.3 Å². The first-order valence-corrected chi connectivity index (χ1v) is 13.7.